The summed E-state index contributed by atoms with van der Waals surface area (Å²) < 4.78 is 4.92. The fourth-order valence-corrected chi connectivity index (χ4v) is 2.22. The van der Waals surface area contributed by atoms with Crippen LogP contribution < -0.4 is 5.63 Å². The summed E-state index contributed by atoms with van der Waals surface area (Å²) in [6.45, 7) is 4.54. The van der Waals surface area contributed by atoms with Crippen LogP contribution in [0.15, 0.2) is 20.3 Å². The molecule has 0 saturated heterocycles. The molecule has 0 aliphatic rings. The summed E-state index contributed by atoms with van der Waals surface area (Å²) in [6.07, 6.45) is 11.4. The van der Waals surface area contributed by atoms with Crippen molar-refractivity contribution >= 4 is 6.21 Å². The molecule has 21 heavy (non-hydrogen) atoms. The maximum atomic E-state index is 11.5. The molecule has 1 rings (SSSR count). The maximum absolute atomic E-state index is 11.5. The highest BCUT2D eigenvalue weighted by atomic mass is 16.4. The van der Waals surface area contributed by atoms with Gasteiger partial charge < -0.3 is 9.52 Å². The topological polar surface area (TPSA) is 62.8 Å². The Morgan fingerprint density at radius 3 is 2.38 bits per heavy atom. The Kier molecular flexibility index (Phi) is 8.48. The van der Waals surface area contributed by atoms with Gasteiger partial charge in [0.1, 0.15) is 17.1 Å². The van der Waals surface area contributed by atoms with Crippen LogP contribution in [0.25, 0.3) is 0 Å². The average molecular weight is 293 g/mol. The molecule has 0 radical (unpaired) electrons. The molecule has 1 heterocycles. The van der Waals surface area contributed by atoms with Crippen LogP contribution in [-0.2, 0) is 0 Å². The molecule has 0 aliphatic carbocycles. The first kappa shape index (κ1) is 17.5. The van der Waals surface area contributed by atoms with Gasteiger partial charge in [0.05, 0.1) is 0 Å². The van der Waals surface area contributed by atoms with Crippen molar-refractivity contribution in [1.29, 1.82) is 0 Å². The van der Waals surface area contributed by atoms with Crippen LogP contribution in [0, 0.1) is 6.92 Å². The molecule has 0 bridgehead atoms. The Morgan fingerprint density at radius 1 is 1.14 bits per heavy atom. The lowest BCUT2D eigenvalue weighted by Gasteiger charge is -2.00. The van der Waals surface area contributed by atoms with Crippen molar-refractivity contribution in [3.05, 3.63) is 27.8 Å². The van der Waals surface area contributed by atoms with E-state index >= 15 is 0 Å². The number of hydrogen-bond acceptors (Lipinski definition) is 4. The third kappa shape index (κ3) is 7.11. The first-order chi connectivity index (χ1) is 10.1. The molecule has 4 heteroatoms. The molecule has 0 aromatic carbocycles. The second-order valence-electron chi connectivity index (χ2n) is 5.45. The summed E-state index contributed by atoms with van der Waals surface area (Å²) in [5.41, 5.74) is -0.396. The molecule has 0 aliphatic heterocycles. The molecule has 1 aromatic rings. The van der Waals surface area contributed by atoms with Crippen LogP contribution >= 0.6 is 0 Å². The molecule has 4 nitrogen and oxygen atoms in total. The highest BCUT2D eigenvalue weighted by molar-refractivity contribution is 5.82. The van der Waals surface area contributed by atoms with Crippen LogP contribution in [0.3, 0.4) is 0 Å². The Morgan fingerprint density at radius 2 is 1.76 bits per heavy atom. The monoisotopic (exact) mass is 293 g/mol. The fourth-order valence-electron chi connectivity index (χ4n) is 2.22. The van der Waals surface area contributed by atoms with Crippen LogP contribution in [0.4, 0.5) is 0 Å². The highest BCUT2D eigenvalue weighted by Crippen LogP contribution is 2.12. The second kappa shape index (κ2) is 10.2. The molecule has 0 fully saturated rings. The van der Waals surface area contributed by atoms with Crippen molar-refractivity contribution in [3.8, 4) is 5.75 Å². The van der Waals surface area contributed by atoms with Crippen molar-refractivity contribution < 1.29 is 9.52 Å². The summed E-state index contributed by atoms with van der Waals surface area (Å²) in [6, 6.07) is 1.43. The van der Waals surface area contributed by atoms with Crippen molar-refractivity contribution in [2.75, 3.05) is 6.54 Å². The minimum Gasteiger partial charge on any atom is -0.507 e. The quantitative estimate of drug-likeness (QED) is 0.519. The first-order valence-electron chi connectivity index (χ1n) is 7.98. The van der Waals surface area contributed by atoms with E-state index < -0.39 is 5.63 Å². The van der Waals surface area contributed by atoms with E-state index in [1.807, 2.05) is 0 Å². The van der Waals surface area contributed by atoms with E-state index in [-0.39, 0.29) is 11.3 Å². The third-order valence-corrected chi connectivity index (χ3v) is 3.45. The van der Waals surface area contributed by atoms with Gasteiger partial charge in [-0.3, -0.25) is 4.99 Å². The lowest BCUT2D eigenvalue weighted by molar-refractivity contribution is 0.433. The van der Waals surface area contributed by atoms with Crippen molar-refractivity contribution in [1.82, 2.24) is 0 Å². The summed E-state index contributed by atoms with van der Waals surface area (Å²) in [5.74, 6) is 0.334. The van der Waals surface area contributed by atoms with E-state index in [9.17, 15) is 9.90 Å². The van der Waals surface area contributed by atoms with Crippen LogP contribution in [-0.4, -0.2) is 17.9 Å². The first-order valence-corrected chi connectivity index (χ1v) is 7.98. The van der Waals surface area contributed by atoms with Crippen LogP contribution in [0.5, 0.6) is 5.75 Å². The van der Waals surface area contributed by atoms with Crippen LogP contribution in [0.1, 0.15) is 69.6 Å². The number of nitrogens with zero attached hydrogens (tertiary/aromatic N) is 1. The molecule has 118 valence electrons. The molecule has 1 aromatic heterocycles. The minimum atomic E-state index is -0.535. The molecule has 0 saturated carbocycles. The predicted molar refractivity (Wildman–Crippen MR) is 86.5 cm³/mol. The number of aliphatic imine (C=N–C) groups is 1. The van der Waals surface area contributed by atoms with Gasteiger partial charge in [0.25, 0.3) is 0 Å². The van der Waals surface area contributed by atoms with Gasteiger partial charge in [0, 0.05) is 18.8 Å². The maximum Gasteiger partial charge on any atom is 0.348 e. The summed E-state index contributed by atoms with van der Waals surface area (Å²) in [4.78, 5) is 15.7. The van der Waals surface area contributed by atoms with Gasteiger partial charge in [-0.25, -0.2) is 4.79 Å². The van der Waals surface area contributed by atoms with Gasteiger partial charge in [0.2, 0.25) is 0 Å². The van der Waals surface area contributed by atoms with Gasteiger partial charge in [-0.2, -0.15) is 0 Å². The molecule has 0 amide bonds. The third-order valence-electron chi connectivity index (χ3n) is 3.45. The molecule has 0 atom stereocenters. The lowest BCUT2D eigenvalue weighted by Crippen LogP contribution is -2.07. The zero-order valence-electron chi connectivity index (χ0n) is 13.2. The van der Waals surface area contributed by atoms with E-state index in [0.717, 1.165) is 12.8 Å². The van der Waals surface area contributed by atoms with E-state index in [4.69, 9.17) is 4.42 Å². The summed E-state index contributed by atoms with van der Waals surface area (Å²) >= 11 is 0. The number of hydrogen-bond donors (Lipinski definition) is 1. The summed E-state index contributed by atoms with van der Waals surface area (Å²) in [7, 11) is 0. The Labute approximate surface area is 126 Å². The zero-order valence-corrected chi connectivity index (χ0v) is 13.2. The number of unbranched alkanes of at least 4 members (excludes halogenated alkanes) is 7. The largest absolute Gasteiger partial charge is 0.507 e. The molecule has 0 unspecified atom stereocenters. The molecule has 1 N–H and O–H groups in total. The Hall–Kier alpha value is -1.58. The van der Waals surface area contributed by atoms with Gasteiger partial charge in [-0.15, -0.1) is 0 Å². The van der Waals surface area contributed by atoms with E-state index in [1.165, 1.54) is 50.8 Å². The van der Waals surface area contributed by atoms with Crippen molar-refractivity contribution in [3.63, 3.8) is 0 Å². The van der Waals surface area contributed by atoms with Gasteiger partial charge in [0.15, 0.2) is 0 Å². The van der Waals surface area contributed by atoms with Gasteiger partial charge >= 0.3 is 5.63 Å². The normalized spacial score (nSPS) is 11.3. The second-order valence-corrected chi connectivity index (χ2v) is 5.45. The Bertz CT molecular complexity index is 491. The molecule has 0 spiro atoms. The highest BCUT2D eigenvalue weighted by Gasteiger charge is 2.06. The number of aromatic hydroxyl groups is 1. The number of rotatable bonds is 10. The van der Waals surface area contributed by atoms with Crippen LogP contribution in [0.2, 0.25) is 0 Å². The fraction of sp³-hybridized carbons (Fsp3) is 0.647. The lowest BCUT2D eigenvalue weighted by atomic mass is 10.1. The van der Waals surface area contributed by atoms with Gasteiger partial charge in [-0.05, 0) is 13.3 Å². The van der Waals surface area contributed by atoms with Crippen molar-refractivity contribution in [2.24, 2.45) is 4.99 Å². The van der Waals surface area contributed by atoms with E-state index in [2.05, 4.69) is 11.9 Å². The smallest absolute Gasteiger partial charge is 0.348 e. The van der Waals surface area contributed by atoms with Gasteiger partial charge in [-0.1, -0.05) is 51.9 Å². The predicted octanol–water partition coefficient (Wildman–Crippen LogP) is 4.21. The number of aryl methyl sites for hydroxylation is 1. The van der Waals surface area contributed by atoms with E-state index in [0.29, 0.717) is 12.3 Å². The average Bonchev–Trinajstić information content (AvgIpc) is 2.43. The molecular formula is C17H27NO3. The minimum absolute atomic E-state index is 0.0663. The standard InChI is InChI=1S/C17H27NO3/c1-3-4-5-6-7-8-9-10-11-18-13-15-16(19)12-14(2)21-17(15)20/h12-13,19H,3-11H2,1-2H3. The Balaban J connectivity index is 2.20. The SMILES string of the molecule is CCCCCCCCCCN=Cc1c(O)cc(C)oc1=O. The van der Waals surface area contributed by atoms with E-state index in [1.54, 1.807) is 6.92 Å². The zero-order chi connectivity index (χ0) is 15.5. The summed E-state index contributed by atoms with van der Waals surface area (Å²) in [5, 5.41) is 9.66. The van der Waals surface area contributed by atoms with Crippen molar-refractivity contribution in [2.45, 2.75) is 65.2 Å². The molecular weight excluding hydrogens is 266 g/mol.